The van der Waals surface area contributed by atoms with Crippen LogP contribution in [0.4, 0.5) is 4.39 Å². The third kappa shape index (κ3) is 8.13. The average molecular weight is 502 g/mol. The van der Waals surface area contributed by atoms with Crippen molar-refractivity contribution < 1.29 is 33.2 Å². The van der Waals surface area contributed by atoms with Gasteiger partial charge in [-0.1, -0.05) is 42.5 Å². The molecule has 0 aromatic heterocycles. The van der Waals surface area contributed by atoms with Crippen LogP contribution in [-0.4, -0.2) is 56.9 Å². The molecule has 0 spiro atoms. The Morgan fingerprint density at radius 2 is 1.75 bits per heavy atom. The minimum Gasteiger partial charge on any atom is -0.459 e. The fourth-order valence-electron chi connectivity index (χ4n) is 4.20. The van der Waals surface area contributed by atoms with Gasteiger partial charge in [0.2, 0.25) is 6.29 Å². The SMILES string of the molecule is CCO[C@H]1OC(C(=O)N[C@@H](C)c2ccc(F)cc2)=C[C@@H](c2ccccc2)[C@H]1CCOCCOCCO. The molecule has 0 saturated carbocycles. The van der Waals surface area contributed by atoms with Crippen LogP contribution in [0.15, 0.2) is 66.4 Å². The zero-order valence-corrected chi connectivity index (χ0v) is 20.9. The Morgan fingerprint density at radius 1 is 1.06 bits per heavy atom. The summed E-state index contributed by atoms with van der Waals surface area (Å²) in [6.45, 7) is 5.74. The van der Waals surface area contributed by atoms with Gasteiger partial charge >= 0.3 is 0 Å². The van der Waals surface area contributed by atoms with E-state index >= 15 is 0 Å². The fraction of sp³-hybridized carbons (Fsp3) is 0.464. The van der Waals surface area contributed by atoms with Gasteiger partial charge in [-0.15, -0.1) is 0 Å². The zero-order valence-electron chi connectivity index (χ0n) is 20.9. The van der Waals surface area contributed by atoms with Crippen molar-refractivity contribution >= 4 is 5.91 Å². The van der Waals surface area contributed by atoms with Crippen molar-refractivity contribution in [2.45, 2.75) is 38.5 Å². The summed E-state index contributed by atoms with van der Waals surface area (Å²) in [4.78, 5) is 13.2. The summed E-state index contributed by atoms with van der Waals surface area (Å²) in [6, 6.07) is 15.7. The van der Waals surface area contributed by atoms with Crippen molar-refractivity contribution in [3.05, 3.63) is 83.4 Å². The lowest BCUT2D eigenvalue weighted by atomic mass is 9.81. The minimum absolute atomic E-state index is 0.0148. The van der Waals surface area contributed by atoms with Crippen LogP contribution >= 0.6 is 0 Å². The van der Waals surface area contributed by atoms with Gasteiger partial charge in [0.05, 0.1) is 32.5 Å². The molecule has 196 valence electrons. The Labute approximate surface area is 212 Å². The van der Waals surface area contributed by atoms with Crippen molar-refractivity contribution in [1.29, 1.82) is 0 Å². The van der Waals surface area contributed by atoms with Crippen molar-refractivity contribution in [3.63, 3.8) is 0 Å². The molecule has 0 saturated heterocycles. The van der Waals surface area contributed by atoms with E-state index in [1.165, 1.54) is 12.1 Å². The first-order valence-electron chi connectivity index (χ1n) is 12.4. The predicted octanol–water partition coefficient (Wildman–Crippen LogP) is 4.10. The van der Waals surface area contributed by atoms with Crippen molar-refractivity contribution in [1.82, 2.24) is 5.32 Å². The van der Waals surface area contributed by atoms with Crippen LogP contribution in [0.1, 0.15) is 43.4 Å². The second-order valence-corrected chi connectivity index (χ2v) is 8.56. The number of carbonyl (C=O) groups is 1. The van der Waals surface area contributed by atoms with Crippen molar-refractivity contribution in [2.24, 2.45) is 5.92 Å². The molecule has 2 aromatic carbocycles. The Balaban J connectivity index is 1.74. The summed E-state index contributed by atoms with van der Waals surface area (Å²) >= 11 is 0. The van der Waals surface area contributed by atoms with Gasteiger partial charge in [-0.05, 0) is 49.6 Å². The number of aliphatic hydroxyl groups excluding tert-OH is 1. The number of hydrogen-bond donors (Lipinski definition) is 2. The predicted molar refractivity (Wildman–Crippen MR) is 134 cm³/mol. The standard InChI is InChI=1S/C28H36FNO6/c1-3-35-28-24(13-15-33-17-18-34-16-14-31)25(22-7-5-4-6-8-22)19-26(36-28)27(32)30-20(2)21-9-11-23(29)12-10-21/h4-12,19-20,24-25,28,31H,3,13-18H2,1-2H3,(H,30,32)/t20-,24+,25-,28-/m0/s1. The Morgan fingerprint density at radius 3 is 2.42 bits per heavy atom. The first-order chi connectivity index (χ1) is 17.5. The molecule has 7 nitrogen and oxygen atoms in total. The lowest BCUT2D eigenvalue weighted by molar-refractivity contribution is -0.168. The molecule has 8 heteroatoms. The van der Waals surface area contributed by atoms with Gasteiger partial charge in [0.25, 0.3) is 5.91 Å². The highest BCUT2D eigenvalue weighted by Crippen LogP contribution is 2.38. The van der Waals surface area contributed by atoms with Crippen molar-refractivity contribution in [3.8, 4) is 0 Å². The van der Waals surface area contributed by atoms with Crippen LogP contribution in [0.25, 0.3) is 0 Å². The average Bonchev–Trinajstić information content (AvgIpc) is 2.89. The fourth-order valence-corrected chi connectivity index (χ4v) is 4.20. The highest BCUT2D eigenvalue weighted by atomic mass is 19.1. The molecule has 0 radical (unpaired) electrons. The summed E-state index contributed by atoms with van der Waals surface area (Å²) in [5, 5.41) is 11.7. The number of nitrogens with one attached hydrogen (secondary N) is 1. The maximum Gasteiger partial charge on any atom is 0.286 e. The lowest BCUT2D eigenvalue weighted by Gasteiger charge is -2.37. The maximum atomic E-state index is 13.3. The molecule has 1 aliphatic heterocycles. The summed E-state index contributed by atoms with van der Waals surface area (Å²) in [6.07, 6.45) is 1.88. The normalized spacial score (nSPS) is 20.3. The largest absolute Gasteiger partial charge is 0.459 e. The molecule has 0 bridgehead atoms. The molecule has 1 amide bonds. The molecule has 3 rings (SSSR count). The topological polar surface area (TPSA) is 86.3 Å². The number of benzene rings is 2. The maximum absolute atomic E-state index is 13.3. The van der Waals surface area contributed by atoms with E-state index in [0.717, 1.165) is 11.1 Å². The van der Waals surface area contributed by atoms with Gasteiger partial charge in [0.15, 0.2) is 5.76 Å². The molecule has 0 unspecified atom stereocenters. The molecule has 0 aliphatic carbocycles. The zero-order chi connectivity index (χ0) is 25.8. The Hall–Kier alpha value is -2.78. The van der Waals surface area contributed by atoms with E-state index in [2.05, 4.69) is 5.32 Å². The number of carbonyl (C=O) groups excluding carboxylic acids is 1. The van der Waals surface area contributed by atoms with Crippen LogP contribution < -0.4 is 5.32 Å². The summed E-state index contributed by atoms with van der Waals surface area (Å²) in [7, 11) is 0. The highest BCUT2D eigenvalue weighted by Gasteiger charge is 2.38. The number of hydrogen-bond acceptors (Lipinski definition) is 6. The van der Waals surface area contributed by atoms with Gasteiger partial charge in [-0.3, -0.25) is 4.79 Å². The van der Waals surface area contributed by atoms with Crippen LogP contribution in [0.3, 0.4) is 0 Å². The minimum atomic E-state index is -0.624. The summed E-state index contributed by atoms with van der Waals surface area (Å²) in [5.74, 6) is -0.669. The van der Waals surface area contributed by atoms with E-state index in [1.54, 1.807) is 12.1 Å². The van der Waals surface area contributed by atoms with E-state index in [0.29, 0.717) is 32.8 Å². The number of aliphatic hydroxyl groups is 1. The number of rotatable bonds is 14. The van der Waals surface area contributed by atoms with Gasteiger partial charge in [0.1, 0.15) is 5.82 Å². The van der Waals surface area contributed by atoms with E-state index < -0.39 is 6.29 Å². The van der Waals surface area contributed by atoms with Crippen LogP contribution in [0.5, 0.6) is 0 Å². The van der Waals surface area contributed by atoms with Gasteiger partial charge < -0.3 is 29.4 Å². The van der Waals surface area contributed by atoms with E-state index in [4.69, 9.17) is 24.1 Å². The number of halogens is 1. The summed E-state index contributed by atoms with van der Waals surface area (Å²) < 4.78 is 36.3. The molecule has 2 N–H and O–H groups in total. The highest BCUT2D eigenvalue weighted by molar-refractivity contribution is 5.92. The smallest absolute Gasteiger partial charge is 0.286 e. The second kappa shape index (κ2) is 14.7. The number of amides is 1. The van der Waals surface area contributed by atoms with Gasteiger partial charge in [0, 0.05) is 25.0 Å². The molecule has 4 atom stereocenters. The Bertz CT molecular complexity index is 952. The quantitative estimate of drug-likeness (QED) is 0.379. The first-order valence-corrected chi connectivity index (χ1v) is 12.4. The van der Waals surface area contributed by atoms with E-state index in [9.17, 15) is 9.18 Å². The molecule has 1 heterocycles. The van der Waals surface area contributed by atoms with E-state index in [-0.39, 0.29) is 48.6 Å². The summed E-state index contributed by atoms with van der Waals surface area (Å²) in [5.41, 5.74) is 1.85. The lowest BCUT2D eigenvalue weighted by Crippen LogP contribution is -2.40. The molecule has 2 aromatic rings. The molecule has 1 aliphatic rings. The molecule has 0 fully saturated rings. The monoisotopic (exact) mass is 501 g/mol. The molecular formula is C28H36FNO6. The first kappa shape index (κ1) is 27.8. The van der Waals surface area contributed by atoms with Gasteiger partial charge in [-0.25, -0.2) is 4.39 Å². The third-order valence-corrected chi connectivity index (χ3v) is 6.04. The molecule has 36 heavy (non-hydrogen) atoms. The van der Waals surface area contributed by atoms with E-state index in [1.807, 2.05) is 50.3 Å². The van der Waals surface area contributed by atoms with Crippen LogP contribution in [0.2, 0.25) is 0 Å². The second-order valence-electron chi connectivity index (χ2n) is 8.56. The number of allylic oxidation sites excluding steroid dienone is 1. The number of ether oxygens (including phenoxy) is 4. The van der Waals surface area contributed by atoms with Crippen LogP contribution in [-0.2, 0) is 23.7 Å². The van der Waals surface area contributed by atoms with Crippen molar-refractivity contribution in [2.75, 3.05) is 39.6 Å². The third-order valence-electron chi connectivity index (χ3n) is 6.04. The van der Waals surface area contributed by atoms with Crippen LogP contribution in [0, 0.1) is 11.7 Å². The van der Waals surface area contributed by atoms with Gasteiger partial charge in [-0.2, -0.15) is 0 Å². The molecular weight excluding hydrogens is 465 g/mol. The Kier molecular flexibility index (Phi) is 11.4.